The van der Waals surface area contributed by atoms with E-state index in [1.807, 2.05) is 0 Å². The molecule has 9 aliphatic heterocycles. The first kappa shape index (κ1) is 32.1. The zero-order valence-electron chi connectivity index (χ0n) is 24.6. The molecule has 6 bridgehead atoms. The minimum Gasteiger partial charge on any atom is -0.480 e. The van der Waals surface area contributed by atoms with Crippen molar-refractivity contribution < 1.29 is 48.6 Å². The number of imidazole rings is 1. The number of aliphatic carboxylic acids is 1. The largest absolute Gasteiger partial charge is 0.480 e. The molecule has 4 saturated heterocycles. The second-order valence-electron chi connectivity index (χ2n) is 11.1. The van der Waals surface area contributed by atoms with Crippen molar-refractivity contribution in [3.05, 3.63) is 30.6 Å². The van der Waals surface area contributed by atoms with Crippen molar-refractivity contribution in [3.8, 4) is 0 Å². The molecule has 0 aromatic carbocycles. The lowest BCUT2D eigenvalue weighted by Gasteiger charge is -2.44. The number of amides is 7. The molecule has 9 aliphatic rings. The van der Waals surface area contributed by atoms with E-state index in [4.69, 9.17) is 5.11 Å². The van der Waals surface area contributed by atoms with E-state index in [1.165, 1.54) is 34.7 Å². The summed E-state index contributed by atoms with van der Waals surface area (Å²) in [5.74, 6) is -6.21. The van der Waals surface area contributed by atoms with Crippen molar-refractivity contribution in [3.63, 3.8) is 0 Å². The topological polar surface area (TPSA) is 237 Å². The molecule has 1 aromatic rings. The van der Waals surface area contributed by atoms with Crippen molar-refractivity contribution in [1.82, 2.24) is 44.7 Å². The van der Waals surface area contributed by atoms with Crippen LogP contribution in [0.1, 0.15) is 12.1 Å². The Morgan fingerprint density at radius 3 is 2.09 bits per heavy atom. The molecule has 10 rings (SSSR count). The van der Waals surface area contributed by atoms with Crippen LogP contribution in [-0.4, -0.2) is 174 Å². The van der Waals surface area contributed by atoms with E-state index in [0.717, 1.165) is 19.6 Å². The van der Waals surface area contributed by atoms with Gasteiger partial charge in [0.1, 0.15) is 37.8 Å². The fraction of sp³-hybridized carbons (Fsp3) is 0.519. The summed E-state index contributed by atoms with van der Waals surface area (Å²) in [5.41, 5.74) is 0.532. The zero-order chi connectivity index (χ0) is 33.1. The molecule has 0 unspecified atom stereocenters. The molecular weight excluding hydrogens is 610 g/mol. The Hall–Kier alpha value is -5.33. The lowest BCUT2D eigenvalue weighted by molar-refractivity contribution is -0.161. The summed E-state index contributed by atoms with van der Waals surface area (Å²) >= 11 is 0. The van der Waals surface area contributed by atoms with E-state index >= 15 is 0 Å². The number of nitrogens with one attached hydrogen (secondary N) is 2. The number of aliphatic hydroxyl groups is 1. The van der Waals surface area contributed by atoms with Gasteiger partial charge in [0, 0.05) is 56.9 Å². The maximum Gasteiger partial charge on any atom is 0.322 e. The van der Waals surface area contributed by atoms with Crippen molar-refractivity contribution in [2.24, 2.45) is 0 Å². The fourth-order valence-corrected chi connectivity index (χ4v) is 5.94. The van der Waals surface area contributed by atoms with Crippen molar-refractivity contribution in [2.75, 3.05) is 59.0 Å². The number of carbonyl (C=O) groups excluding carboxylic acids is 7. The van der Waals surface area contributed by atoms with E-state index in [1.54, 1.807) is 0 Å². The number of aliphatic hydroxyl groups excluding tert-OH is 1. The lowest BCUT2D eigenvalue weighted by atomic mass is 10.0. The van der Waals surface area contributed by atoms with Gasteiger partial charge in [-0.2, -0.15) is 0 Å². The van der Waals surface area contributed by atoms with Gasteiger partial charge in [-0.3, -0.25) is 38.4 Å². The van der Waals surface area contributed by atoms with Crippen LogP contribution in [0.3, 0.4) is 0 Å². The summed E-state index contributed by atoms with van der Waals surface area (Å²) in [4.78, 5) is 119. The normalized spacial score (nSPS) is 24.3. The molecular formula is C27H33N9O10. The number of hydrogen-bond acceptors (Lipinski definition) is 10. The highest BCUT2D eigenvalue weighted by Gasteiger charge is 2.45. The van der Waals surface area contributed by atoms with Gasteiger partial charge < -0.3 is 49.9 Å². The first-order chi connectivity index (χ1) is 22.0. The van der Waals surface area contributed by atoms with Crippen LogP contribution in [0.5, 0.6) is 0 Å². The number of piperazine rings is 2. The number of hydrogen-bond donors (Lipinski definition) is 4. The Morgan fingerprint density at radius 2 is 1.46 bits per heavy atom. The van der Waals surface area contributed by atoms with Crippen LogP contribution in [0.15, 0.2) is 24.9 Å². The molecule has 0 aliphatic carbocycles. The minimum atomic E-state index is -1.43. The Balaban J connectivity index is 1.50. The van der Waals surface area contributed by atoms with Crippen LogP contribution in [0.2, 0.25) is 0 Å². The second-order valence-corrected chi connectivity index (χ2v) is 11.1. The predicted octanol–water partition coefficient (Wildman–Crippen LogP) is -4.86. The number of rotatable bonds is 7. The molecule has 0 spiro atoms. The third kappa shape index (κ3) is 6.53. The highest BCUT2D eigenvalue weighted by Crippen LogP contribution is 2.22. The maximum atomic E-state index is 13.8. The Labute approximate surface area is 261 Å². The lowest BCUT2D eigenvalue weighted by Crippen LogP contribution is -2.65. The molecule has 10 heterocycles. The molecule has 4 fully saturated rings. The van der Waals surface area contributed by atoms with Crippen LogP contribution in [0, 0.1) is 0 Å². The highest BCUT2D eigenvalue weighted by atomic mass is 16.4. The molecule has 4 N–H and O–H groups in total. The summed E-state index contributed by atoms with van der Waals surface area (Å²) in [6.07, 6.45) is 4.72. The average molecular weight is 644 g/mol. The van der Waals surface area contributed by atoms with Crippen molar-refractivity contribution >= 4 is 47.3 Å². The summed E-state index contributed by atoms with van der Waals surface area (Å²) in [6.45, 7) is -3.31. The van der Waals surface area contributed by atoms with E-state index in [2.05, 4.69) is 15.3 Å². The molecule has 46 heavy (non-hydrogen) atoms. The number of H-pyrrole nitrogens is 1. The standard InChI is InChI=1S/C27H33N9O10/c37-14-19-27(46)33-3-6-36(19)23(41)13-32-2-5-35(18(26(32)45)8-20(38)29-10-24(42)43)22(40)11-31-1-4-34(21(39)12-33)17(25(31)44)7-16-9-28-15-30-16/h3,6,9,15,17-19,37H,1-2,4-5,7-8,10-14H2,(H,28,30)(H,29,38)(H,42,43)/t17-,18-,19-/m0/s1. The Kier molecular flexibility index (Phi) is 9.31. The molecule has 7 amide bonds. The third-order valence-electron chi connectivity index (χ3n) is 8.32. The second kappa shape index (κ2) is 13.3. The first-order valence-electron chi connectivity index (χ1n) is 14.5. The number of carboxylic acids is 1. The number of aromatic nitrogens is 2. The van der Waals surface area contributed by atoms with Crippen molar-refractivity contribution in [2.45, 2.75) is 31.0 Å². The van der Waals surface area contributed by atoms with Crippen LogP contribution in [0.4, 0.5) is 0 Å². The van der Waals surface area contributed by atoms with E-state index in [-0.39, 0.29) is 32.6 Å². The van der Waals surface area contributed by atoms with Crippen LogP contribution in [-0.2, 0) is 44.8 Å². The Bertz CT molecular complexity index is 1460. The molecule has 19 heteroatoms. The minimum absolute atomic E-state index is 0.00414. The fourth-order valence-electron chi connectivity index (χ4n) is 5.94. The molecule has 0 saturated carbocycles. The van der Waals surface area contributed by atoms with Gasteiger partial charge in [-0.05, 0) is 0 Å². The summed E-state index contributed by atoms with van der Waals surface area (Å²) in [6, 6.07) is -3.91. The number of aromatic amines is 1. The molecule has 0 radical (unpaired) electrons. The van der Waals surface area contributed by atoms with Gasteiger partial charge in [0.25, 0.3) is 5.91 Å². The summed E-state index contributed by atoms with van der Waals surface area (Å²) in [5, 5.41) is 21.1. The van der Waals surface area contributed by atoms with Gasteiger partial charge in [-0.1, -0.05) is 0 Å². The molecule has 3 atom stereocenters. The monoisotopic (exact) mass is 643 g/mol. The smallest absolute Gasteiger partial charge is 0.322 e. The number of carboxylic acid groups (broad SMARTS) is 1. The number of nitrogens with zero attached hydrogens (tertiary/aromatic N) is 7. The van der Waals surface area contributed by atoms with E-state index in [0.29, 0.717) is 5.69 Å². The quantitative estimate of drug-likeness (QED) is 0.220. The predicted molar refractivity (Wildman–Crippen MR) is 150 cm³/mol. The molecule has 19 nitrogen and oxygen atoms in total. The van der Waals surface area contributed by atoms with Crippen LogP contribution >= 0.6 is 0 Å². The summed E-state index contributed by atoms with van der Waals surface area (Å²) < 4.78 is 0. The van der Waals surface area contributed by atoms with E-state index in [9.17, 15) is 43.5 Å². The van der Waals surface area contributed by atoms with Crippen LogP contribution < -0.4 is 5.32 Å². The van der Waals surface area contributed by atoms with E-state index < -0.39 is 105 Å². The summed E-state index contributed by atoms with van der Waals surface area (Å²) in [7, 11) is 0. The maximum absolute atomic E-state index is 13.8. The van der Waals surface area contributed by atoms with Gasteiger partial charge in [0.15, 0.2) is 0 Å². The third-order valence-corrected chi connectivity index (χ3v) is 8.32. The SMILES string of the molecule is O=C(O)CNC(=O)C[C@H]1C(=O)N2CCN1C(=O)CN1CCN(C(=O)CN3C=CN(C(=O)C2)[C@@H](CO)C3=O)[C@@H](Cc2cnc[nH]2)C1=O. The molecule has 246 valence electrons. The van der Waals surface area contributed by atoms with Gasteiger partial charge in [-0.25, -0.2) is 4.98 Å². The van der Waals surface area contributed by atoms with Crippen molar-refractivity contribution in [1.29, 1.82) is 0 Å². The van der Waals surface area contributed by atoms with Gasteiger partial charge in [0.05, 0.1) is 25.9 Å². The number of carbonyl (C=O) groups is 8. The molecule has 1 aromatic heterocycles. The average Bonchev–Trinajstić information content (AvgIpc) is 3.53. The van der Waals surface area contributed by atoms with Crippen LogP contribution in [0.25, 0.3) is 0 Å². The highest BCUT2D eigenvalue weighted by molar-refractivity contribution is 5.99. The Morgan fingerprint density at radius 1 is 0.826 bits per heavy atom. The zero-order valence-corrected chi connectivity index (χ0v) is 24.6. The van der Waals surface area contributed by atoms with Gasteiger partial charge >= 0.3 is 5.97 Å². The first-order valence-corrected chi connectivity index (χ1v) is 14.5. The van der Waals surface area contributed by atoms with Gasteiger partial charge in [-0.15, -0.1) is 0 Å². The van der Waals surface area contributed by atoms with Gasteiger partial charge in [0.2, 0.25) is 35.4 Å².